The lowest BCUT2D eigenvalue weighted by atomic mass is 10.0. The van der Waals surface area contributed by atoms with Crippen LogP contribution in [0.25, 0.3) is 5.65 Å². The van der Waals surface area contributed by atoms with Gasteiger partial charge in [0.2, 0.25) is 5.95 Å². The molecule has 3 rings (SSSR count). The molecule has 1 aliphatic carbocycles. The predicted molar refractivity (Wildman–Crippen MR) is 71.4 cm³/mol. The van der Waals surface area contributed by atoms with Crippen LogP contribution in [0.2, 0.25) is 0 Å². The molecule has 0 saturated heterocycles. The van der Waals surface area contributed by atoms with E-state index in [4.69, 9.17) is 5.73 Å². The van der Waals surface area contributed by atoms with Gasteiger partial charge < -0.3 is 11.1 Å². The maximum atomic E-state index is 13.1. The number of hydrogen-bond acceptors (Lipinski definition) is 4. The highest BCUT2D eigenvalue weighted by Gasteiger charge is 2.21. The molecule has 2 unspecified atom stereocenters. The molecule has 2 aromatic rings. The molecule has 6 heteroatoms. The summed E-state index contributed by atoms with van der Waals surface area (Å²) in [7, 11) is 0. The van der Waals surface area contributed by atoms with E-state index in [0.29, 0.717) is 11.6 Å². The number of fused-ring (bicyclic) bond motifs is 1. The van der Waals surface area contributed by atoms with Gasteiger partial charge in [-0.25, -0.2) is 8.91 Å². The fourth-order valence-electron chi connectivity index (χ4n) is 2.60. The molecule has 0 radical (unpaired) electrons. The van der Waals surface area contributed by atoms with Crippen molar-refractivity contribution in [3.8, 4) is 0 Å². The molecule has 102 valence electrons. The van der Waals surface area contributed by atoms with Crippen molar-refractivity contribution in [3.63, 3.8) is 0 Å². The van der Waals surface area contributed by atoms with E-state index in [0.717, 1.165) is 12.8 Å². The van der Waals surface area contributed by atoms with Gasteiger partial charge in [-0.3, -0.25) is 0 Å². The summed E-state index contributed by atoms with van der Waals surface area (Å²) in [4.78, 5) is 4.33. The number of nitrogens with two attached hydrogens (primary N) is 1. The molecule has 2 aromatic heterocycles. The largest absolute Gasteiger partial charge is 0.349 e. The quantitative estimate of drug-likeness (QED) is 0.812. The summed E-state index contributed by atoms with van der Waals surface area (Å²) in [5, 5.41) is 7.52. The van der Waals surface area contributed by atoms with Crippen molar-refractivity contribution in [3.05, 3.63) is 24.1 Å². The highest BCUT2D eigenvalue weighted by Crippen LogP contribution is 2.19. The Balaban J connectivity index is 1.80. The second-order valence-corrected chi connectivity index (χ2v) is 5.14. The molecule has 1 aliphatic rings. The molecular formula is C13H18FN5. The van der Waals surface area contributed by atoms with Crippen LogP contribution in [0, 0.1) is 5.82 Å². The van der Waals surface area contributed by atoms with Gasteiger partial charge in [-0.1, -0.05) is 19.3 Å². The van der Waals surface area contributed by atoms with Crippen LogP contribution in [0.4, 0.5) is 10.3 Å². The van der Waals surface area contributed by atoms with E-state index in [1.807, 2.05) is 0 Å². The number of aromatic nitrogens is 3. The Morgan fingerprint density at radius 3 is 3.00 bits per heavy atom. The van der Waals surface area contributed by atoms with E-state index in [1.165, 1.54) is 36.0 Å². The minimum atomic E-state index is -0.324. The molecule has 2 heterocycles. The van der Waals surface area contributed by atoms with Crippen LogP contribution in [-0.4, -0.2) is 26.7 Å². The van der Waals surface area contributed by atoms with Crippen molar-refractivity contribution in [2.24, 2.45) is 5.73 Å². The van der Waals surface area contributed by atoms with E-state index in [1.54, 1.807) is 6.07 Å². The second-order valence-electron chi connectivity index (χ2n) is 5.14. The maximum Gasteiger partial charge on any atom is 0.243 e. The maximum absolute atomic E-state index is 13.1. The van der Waals surface area contributed by atoms with Gasteiger partial charge in [0, 0.05) is 12.1 Å². The average Bonchev–Trinajstić information content (AvgIpc) is 2.66. The zero-order valence-electron chi connectivity index (χ0n) is 10.7. The topological polar surface area (TPSA) is 68.2 Å². The van der Waals surface area contributed by atoms with E-state index < -0.39 is 0 Å². The minimum absolute atomic E-state index is 0.130. The van der Waals surface area contributed by atoms with Gasteiger partial charge in [0.1, 0.15) is 5.82 Å². The molecule has 0 amide bonds. The number of nitrogens with one attached hydrogen (secondary N) is 1. The first-order chi connectivity index (χ1) is 9.22. The third-order valence-corrected chi connectivity index (χ3v) is 3.68. The SMILES string of the molecule is NC1CCCCCC1Nc1nc2ccc(F)cn2n1. The van der Waals surface area contributed by atoms with Gasteiger partial charge >= 0.3 is 0 Å². The van der Waals surface area contributed by atoms with Crippen molar-refractivity contribution in [1.82, 2.24) is 14.6 Å². The highest BCUT2D eigenvalue weighted by molar-refractivity contribution is 5.43. The Morgan fingerprint density at radius 1 is 1.26 bits per heavy atom. The van der Waals surface area contributed by atoms with Crippen molar-refractivity contribution in [2.45, 2.75) is 44.2 Å². The van der Waals surface area contributed by atoms with Crippen LogP contribution < -0.4 is 11.1 Å². The number of rotatable bonds is 2. The van der Waals surface area contributed by atoms with Gasteiger partial charge in [-0.05, 0) is 25.0 Å². The first-order valence-corrected chi connectivity index (χ1v) is 6.76. The van der Waals surface area contributed by atoms with Crippen LogP contribution in [0.1, 0.15) is 32.1 Å². The zero-order valence-corrected chi connectivity index (χ0v) is 10.7. The van der Waals surface area contributed by atoms with Crippen molar-refractivity contribution in [2.75, 3.05) is 5.32 Å². The van der Waals surface area contributed by atoms with Gasteiger partial charge in [0.05, 0.1) is 6.20 Å². The molecule has 19 heavy (non-hydrogen) atoms. The predicted octanol–water partition coefficient (Wildman–Crippen LogP) is 1.94. The van der Waals surface area contributed by atoms with Crippen molar-refractivity contribution in [1.29, 1.82) is 0 Å². The summed E-state index contributed by atoms with van der Waals surface area (Å²) in [6.45, 7) is 0. The molecule has 0 spiro atoms. The molecule has 5 nitrogen and oxygen atoms in total. The summed E-state index contributed by atoms with van der Waals surface area (Å²) in [6.07, 6.45) is 6.97. The second kappa shape index (κ2) is 5.13. The molecule has 3 N–H and O–H groups in total. The number of hydrogen-bond donors (Lipinski definition) is 2. The van der Waals surface area contributed by atoms with Gasteiger partial charge in [0.25, 0.3) is 0 Å². The van der Waals surface area contributed by atoms with E-state index >= 15 is 0 Å². The molecule has 1 fully saturated rings. The van der Waals surface area contributed by atoms with E-state index in [9.17, 15) is 4.39 Å². The molecule has 1 saturated carbocycles. The average molecular weight is 263 g/mol. The third-order valence-electron chi connectivity index (χ3n) is 3.68. The van der Waals surface area contributed by atoms with Crippen LogP contribution in [0.5, 0.6) is 0 Å². The third kappa shape index (κ3) is 2.68. The Morgan fingerprint density at radius 2 is 2.11 bits per heavy atom. The summed E-state index contributed by atoms with van der Waals surface area (Å²) < 4.78 is 14.5. The van der Waals surface area contributed by atoms with E-state index in [-0.39, 0.29) is 17.9 Å². The number of anilines is 1. The first kappa shape index (κ1) is 12.3. The lowest BCUT2D eigenvalue weighted by molar-refractivity contribution is 0.525. The smallest absolute Gasteiger partial charge is 0.243 e. The molecule has 0 aliphatic heterocycles. The lowest BCUT2D eigenvalue weighted by Gasteiger charge is -2.21. The standard InChI is InChI=1S/C13H18FN5/c14-9-6-7-12-17-13(18-19(12)8-9)16-11-5-3-1-2-4-10(11)15/h6-8,10-11H,1-5,15H2,(H,16,18). The fourth-order valence-corrected chi connectivity index (χ4v) is 2.60. The minimum Gasteiger partial charge on any atom is -0.349 e. The van der Waals surface area contributed by atoms with E-state index in [2.05, 4.69) is 15.4 Å². The van der Waals surface area contributed by atoms with Gasteiger partial charge in [-0.2, -0.15) is 4.98 Å². The monoisotopic (exact) mass is 263 g/mol. The number of halogens is 1. The summed E-state index contributed by atoms with van der Waals surface area (Å²) in [6, 6.07) is 3.32. The lowest BCUT2D eigenvalue weighted by Crippen LogP contribution is -2.39. The van der Waals surface area contributed by atoms with Crippen LogP contribution >= 0.6 is 0 Å². The summed E-state index contributed by atoms with van der Waals surface area (Å²) in [5.74, 6) is 0.197. The summed E-state index contributed by atoms with van der Waals surface area (Å²) >= 11 is 0. The zero-order chi connectivity index (χ0) is 13.2. The Bertz CT molecular complexity index is 567. The van der Waals surface area contributed by atoms with Gasteiger partial charge in [0.15, 0.2) is 5.65 Å². The highest BCUT2D eigenvalue weighted by atomic mass is 19.1. The Kier molecular flexibility index (Phi) is 3.33. The number of nitrogens with zero attached hydrogens (tertiary/aromatic N) is 3. The fraction of sp³-hybridized carbons (Fsp3) is 0.538. The Labute approximate surface area is 111 Å². The van der Waals surface area contributed by atoms with Crippen molar-refractivity contribution >= 4 is 11.6 Å². The van der Waals surface area contributed by atoms with Crippen molar-refractivity contribution < 1.29 is 4.39 Å². The first-order valence-electron chi connectivity index (χ1n) is 6.76. The van der Waals surface area contributed by atoms with Gasteiger partial charge in [-0.15, -0.1) is 5.10 Å². The normalized spacial score (nSPS) is 24.3. The molecule has 0 bridgehead atoms. The molecule has 2 atom stereocenters. The molecular weight excluding hydrogens is 245 g/mol. The summed E-state index contributed by atoms with van der Waals surface area (Å²) in [5.41, 5.74) is 6.79. The molecule has 0 aromatic carbocycles. The number of pyridine rings is 1. The van der Waals surface area contributed by atoms with Crippen LogP contribution in [0.15, 0.2) is 18.3 Å². The van der Waals surface area contributed by atoms with Crippen LogP contribution in [-0.2, 0) is 0 Å². The Hall–Kier alpha value is -1.69. The van der Waals surface area contributed by atoms with Crippen LogP contribution in [0.3, 0.4) is 0 Å².